The van der Waals surface area contributed by atoms with E-state index in [0.717, 1.165) is 15.5 Å². The van der Waals surface area contributed by atoms with E-state index in [9.17, 15) is 9.59 Å². The topological polar surface area (TPSA) is 59.1 Å². The van der Waals surface area contributed by atoms with E-state index in [2.05, 4.69) is 0 Å². The zero-order valence-electron chi connectivity index (χ0n) is 16.3. The van der Waals surface area contributed by atoms with Gasteiger partial charge in [-0.25, -0.2) is 9.59 Å². The number of esters is 1. The van der Waals surface area contributed by atoms with Gasteiger partial charge in [-0.05, 0) is 44.5 Å². The van der Waals surface area contributed by atoms with Gasteiger partial charge in [0.25, 0.3) is 0 Å². The number of urea groups is 1. The zero-order valence-corrected chi connectivity index (χ0v) is 17.9. The van der Waals surface area contributed by atoms with Gasteiger partial charge in [0.15, 0.2) is 0 Å². The van der Waals surface area contributed by atoms with Crippen molar-refractivity contribution >= 4 is 40.4 Å². The Bertz CT molecular complexity index is 835. The second-order valence-electron chi connectivity index (χ2n) is 6.46. The first kappa shape index (κ1) is 20.7. The van der Waals surface area contributed by atoms with Crippen LogP contribution in [-0.2, 0) is 8.92 Å². The molecule has 3 rings (SSSR count). The average molecular weight is 421 g/mol. The number of benzene rings is 1. The van der Waals surface area contributed by atoms with Crippen LogP contribution in [0.4, 0.5) is 9.80 Å². The summed E-state index contributed by atoms with van der Waals surface area (Å²) in [5, 5.41) is 0.781. The molecule has 0 atom stereocenters. The molecule has 0 spiro atoms. The minimum atomic E-state index is -0.332. The number of amides is 2. The fourth-order valence-electron chi connectivity index (χ4n) is 2.84. The number of nitrogens with zero attached hydrogens (tertiary/aromatic N) is 2. The maximum atomic E-state index is 12.7. The van der Waals surface area contributed by atoms with Gasteiger partial charge in [0.1, 0.15) is 9.88 Å². The van der Waals surface area contributed by atoms with Gasteiger partial charge in [0, 0.05) is 36.6 Å². The van der Waals surface area contributed by atoms with Crippen molar-refractivity contribution in [2.24, 2.45) is 0 Å². The zero-order chi connectivity index (χ0) is 20.1. The number of ether oxygens (including phenoxy) is 1. The SMILES string of the molecule is CCOC(=O)c1sc(N2CCN(CCOSc3ccc(C)cc3)C2=O)cc1C. The number of thiophene rings is 1. The van der Waals surface area contributed by atoms with E-state index in [1.165, 1.54) is 28.9 Å². The molecule has 28 heavy (non-hydrogen) atoms. The number of rotatable bonds is 8. The third-order valence-corrected chi connectivity index (χ3v) is 6.34. The van der Waals surface area contributed by atoms with Gasteiger partial charge < -0.3 is 13.8 Å². The lowest BCUT2D eigenvalue weighted by Gasteiger charge is -2.17. The monoisotopic (exact) mass is 420 g/mol. The van der Waals surface area contributed by atoms with Gasteiger partial charge in [-0.2, -0.15) is 0 Å². The van der Waals surface area contributed by atoms with E-state index in [-0.39, 0.29) is 12.0 Å². The Morgan fingerprint density at radius 3 is 2.68 bits per heavy atom. The molecule has 2 aromatic rings. The van der Waals surface area contributed by atoms with Crippen molar-refractivity contribution in [3.63, 3.8) is 0 Å². The molecule has 1 aromatic carbocycles. The Morgan fingerprint density at radius 1 is 1.21 bits per heavy atom. The molecule has 1 aromatic heterocycles. The molecular formula is C20H24N2O4S2. The van der Waals surface area contributed by atoms with Crippen LogP contribution in [-0.4, -0.2) is 49.7 Å². The molecule has 150 valence electrons. The lowest BCUT2D eigenvalue weighted by atomic mass is 10.2. The van der Waals surface area contributed by atoms with Crippen LogP contribution in [0.1, 0.15) is 27.7 Å². The molecule has 1 aliphatic rings. The number of hydrogen-bond donors (Lipinski definition) is 0. The molecule has 0 radical (unpaired) electrons. The third kappa shape index (κ3) is 4.87. The highest BCUT2D eigenvalue weighted by Gasteiger charge is 2.31. The normalized spacial score (nSPS) is 14.0. The first-order valence-corrected chi connectivity index (χ1v) is 10.8. The summed E-state index contributed by atoms with van der Waals surface area (Å²) in [5.41, 5.74) is 2.05. The van der Waals surface area contributed by atoms with Crippen molar-refractivity contribution in [2.75, 3.05) is 37.7 Å². The smallest absolute Gasteiger partial charge is 0.348 e. The molecular weight excluding hydrogens is 396 g/mol. The van der Waals surface area contributed by atoms with Gasteiger partial charge >= 0.3 is 12.0 Å². The maximum absolute atomic E-state index is 12.7. The van der Waals surface area contributed by atoms with Crippen LogP contribution in [0.5, 0.6) is 0 Å². The highest BCUT2D eigenvalue weighted by Crippen LogP contribution is 2.32. The van der Waals surface area contributed by atoms with E-state index in [0.29, 0.717) is 37.7 Å². The Labute approximate surface area is 173 Å². The Kier molecular flexibility index (Phi) is 6.98. The minimum Gasteiger partial charge on any atom is -0.462 e. The van der Waals surface area contributed by atoms with Gasteiger partial charge in [-0.3, -0.25) is 4.90 Å². The van der Waals surface area contributed by atoms with Gasteiger partial charge in [0.2, 0.25) is 0 Å². The maximum Gasteiger partial charge on any atom is 0.348 e. The van der Waals surface area contributed by atoms with Crippen molar-refractivity contribution in [3.8, 4) is 0 Å². The fraction of sp³-hybridized carbons (Fsp3) is 0.400. The van der Waals surface area contributed by atoms with Crippen molar-refractivity contribution in [3.05, 3.63) is 46.3 Å². The molecule has 0 saturated carbocycles. The summed E-state index contributed by atoms with van der Waals surface area (Å²) in [6, 6.07) is 9.94. The average Bonchev–Trinajstić information content (AvgIpc) is 3.23. The Hall–Kier alpha value is -2.03. The highest BCUT2D eigenvalue weighted by molar-refractivity contribution is 7.94. The van der Waals surface area contributed by atoms with Crippen molar-refractivity contribution < 1.29 is 18.5 Å². The number of carbonyl (C=O) groups is 2. The third-order valence-electron chi connectivity index (χ3n) is 4.35. The largest absolute Gasteiger partial charge is 0.462 e. The number of aryl methyl sites for hydroxylation is 2. The van der Waals surface area contributed by atoms with Crippen LogP contribution in [0, 0.1) is 13.8 Å². The quantitative estimate of drug-likeness (QED) is 0.357. The highest BCUT2D eigenvalue weighted by atomic mass is 32.2. The van der Waals surface area contributed by atoms with E-state index >= 15 is 0 Å². The van der Waals surface area contributed by atoms with Gasteiger partial charge in [-0.15, -0.1) is 11.3 Å². The molecule has 8 heteroatoms. The van der Waals surface area contributed by atoms with E-state index in [4.69, 9.17) is 8.92 Å². The van der Waals surface area contributed by atoms with Crippen molar-refractivity contribution in [1.82, 2.24) is 4.90 Å². The van der Waals surface area contributed by atoms with E-state index in [1.54, 1.807) is 16.7 Å². The number of carbonyl (C=O) groups excluding carboxylic acids is 2. The summed E-state index contributed by atoms with van der Waals surface area (Å²) >= 11 is 2.63. The molecule has 2 amide bonds. The Morgan fingerprint density at radius 2 is 1.96 bits per heavy atom. The fourth-order valence-corrected chi connectivity index (χ4v) is 4.47. The van der Waals surface area contributed by atoms with Gasteiger partial charge in [0.05, 0.1) is 13.2 Å². The summed E-state index contributed by atoms with van der Waals surface area (Å²) in [6.45, 7) is 8.26. The molecule has 0 N–H and O–H groups in total. The predicted octanol–water partition coefficient (Wildman–Crippen LogP) is 4.51. The standard InChI is InChI=1S/C20H24N2O4S2/c1-4-25-19(23)18-15(3)13-17(27-18)22-10-9-21(20(22)24)11-12-26-28-16-7-5-14(2)6-8-16/h5-8,13H,4,9-12H2,1-3H3. The summed E-state index contributed by atoms with van der Waals surface area (Å²) in [5.74, 6) is -0.332. The predicted molar refractivity (Wildman–Crippen MR) is 112 cm³/mol. The summed E-state index contributed by atoms with van der Waals surface area (Å²) in [4.78, 5) is 29.8. The van der Waals surface area contributed by atoms with Crippen LogP contribution in [0.25, 0.3) is 0 Å². The van der Waals surface area contributed by atoms with Crippen molar-refractivity contribution in [1.29, 1.82) is 0 Å². The summed E-state index contributed by atoms with van der Waals surface area (Å²) in [6.07, 6.45) is 0. The molecule has 6 nitrogen and oxygen atoms in total. The molecule has 1 fully saturated rings. The molecule has 1 aliphatic heterocycles. The lowest BCUT2D eigenvalue weighted by molar-refractivity contribution is 0.0531. The van der Waals surface area contributed by atoms with Crippen LogP contribution in [0.2, 0.25) is 0 Å². The molecule has 2 heterocycles. The van der Waals surface area contributed by atoms with Crippen LogP contribution in [0.15, 0.2) is 35.2 Å². The summed E-state index contributed by atoms with van der Waals surface area (Å²) < 4.78 is 10.7. The first-order valence-electron chi connectivity index (χ1n) is 9.19. The molecule has 0 unspecified atom stereocenters. The second-order valence-corrected chi connectivity index (χ2v) is 8.36. The first-order chi connectivity index (χ1) is 13.5. The summed E-state index contributed by atoms with van der Waals surface area (Å²) in [7, 11) is 0. The van der Waals surface area contributed by atoms with E-state index < -0.39 is 0 Å². The molecule has 0 aliphatic carbocycles. The minimum absolute atomic E-state index is 0.0550. The molecule has 0 bridgehead atoms. The van der Waals surface area contributed by atoms with Crippen molar-refractivity contribution in [2.45, 2.75) is 25.7 Å². The number of anilines is 1. The lowest BCUT2D eigenvalue weighted by Crippen LogP contribution is -2.33. The number of hydrogen-bond acceptors (Lipinski definition) is 6. The Balaban J connectivity index is 1.51. The van der Waals surface area contributed by atoms with E-state index in [1.807, 2.05) is 44.2 Å². The van der Waals surface area contributed by atoms with Crippen LogP contribution < -0.4 is 4.90 Å². The van der Waals surface area contributed by atoms with Crippen LogP contribution >= 0.6 is 23.4 Å². The second kappa shape index (κ2) is 9.45. The van der Waals surface area contributed by atoms with Crippen LogP contribution in [0.3, 0.4) is 0 Å². The molecule has 1 saturated heterocycles. The van der Waals surface area contributed by atoms with Gasteiger partial charge in [-0.1, -0.05) is 17.7 Å².